The number of ketones is 1. The smallest absolute Gasteiger partial charge is 0.303 e. The van der Waals surface area contributed by atoms with Crippen LogP contribution in [0, 0.1) is 5.92 Å². The Bertz CT molecular complexity index is 810. The Hall–Kier alpha value is -2.03. The number of methoxy groups -OCH3 is 1. The average Bonchev–Trinajstić information content (AvgIpc) is 3.11. The number of benzene rings is 1. The Labute approximate surface area is 212 Å². The summed E-state index contributed by atoms with van der Waals surface area (Å²) in [5, 5.41) is 30.4. The number of carbonyl (C=O) groups is 2. The Morgan fingerprint density at radius 1 is 1.17 bits per heavy atom. The SMILES string of the molecule is CCCCCC(O)(COc1ccc(OC)cc1)CS[C@H]1C(O)CC(=O)[C@@H]1CC=CCCCC(=O)O. The third-order valence-electron chi connectivity index (χ3n) is 6.27. The van der Waals surface area contributed by atoms with Crippen molar-refractivity contribution in [2.75, 3.05) is 19.5 Å². The van der Waals surface area contributed by atoms with Crippen LogP contribution in [0.2, 0.25) is 0 Å². The van der Waals surface area contributed by atoms with E-state index in [-0.39, 0.29) is 36.4 Å². The fraction of sp³-hybridized carbons (Fsp3) is 0.630. The number of rotatable bonds is 17. The summed E-state index contributed by atoms with van der Waals surface area (Å²) >= 11 is 1.45. The van der Waals surface area contributed by atoms with E-state index in [2.05, 4.69) is 6.92 Å². The van der Waals surface area contributed by atoms with Gasteiger partial charge in [-0.3, -0.25) is 9.59 Å². The highest BCUT2D eigenvalue weighted by molar-refractivity contribution is 8.00. The molecule has 1 aromatic carbocycles. The second-order valence-electron chi connectivity index (χ2n) is 9.26. The summed E-state index contributed by atoms with van der Waals surface area (Å²) in [4.78, 5) is 23.1. The van der Waals surface area contributed by atoms with E-state index in [9.17, 15) is 19.8 Å². The minimum Gasteiger partial charge on any atom is -0.497 e. The first kappa shape index (κ1) is 29.2. The maximum absolute atomic E-state index is 12.5. The molecule has 1 fully saturated rings. The summed E-state index contributed by atoms with van der Waals surface area (Å²) in [6.45, 7) is 2.24. The van der Waals surface area contributed by atoms with Crippen LogP contribution in [0.25, 0.3) is 0 Å². The molecule has 0 heterocycles. The fourth-order valence-corrected chi connectivity index (χ4v) is 5.72. The van der Waals surface area contributed by atoms with Gasteiger partial charge in [-0.15, -0.1) is 0 Å². The lowest BCUT2D eigenvalue weighted by molar-refractivity contribution is -0.137. The molecule has 8 heteroatoms. The Balaban J connectivity index is 1.96. The van der Waals surface area contributed by atoms with Crippen LogP contribution in [0.15, 0.2) is 36.4 Å². The highest BCUT2D eigenvalue weighted by Gasteiger charge is 2.42. The van der Waals surface area contributed by atoms with Crippen LogP contribution < -0.4 is 9.47 Å². The first-order chi connectivity index (χ1) is 16.8. The topological polar surface area (TPSA) is 113 Å². The van der Waals surface area contributed by atoms with Gasteiger partial charge in [-0.25, -0.2) is 0 Å². The van der Waals surface area contributed by atoms with Crippen LogP contribution in [0.4, 0.5) is 0 Å². The summed E-state index contributed by atoms with van der Waals surface area (Å²) in [5.74, 6) is 0.647. The molecule has 0 saturated heterocycles. The maximum atomic E-state index is 12.5. The van der Waals surface area contributed by atoms with Gasteiger partial charge < -0.3 is 24.8 Å². The highest BCUT2D eigenvalue weighted by Crippen LogP contribution is 2.38. The zero-order valence-corrected chi connectivity index (χ0v) is 21.7. The molecule has 0 radical (unpaired) electrons. The monoisotopic (exact) mass is 508 g/mol. The maximum Gasteiger partial charge on any atom is 0.303 e. The van der Waals surface area contributed by atoms with Crippen LogP contribution in [-0.2, 0) is 9.59 Å². The molecule has 0 bridgehead atoms. The number of ether oxygens (including phenoxy) is 2. The van der Waals surface area contributed by atoms with Crippen molar-refractivity contribution in [3.63, 3.8) is 0 Å². The molecule has 3 N–H and O–H groups in total. The molecule has 1 aliphatic carbocycles. The molecular weight excluding hydrogens is 468 g/mol. The molecule has 2 rings (SSSR count). The van der Waals surface area contributed by atoms with E-state index in [1.54, 1.807) is 31.4 Å². The molecular formula is C27H40O7S. The van der Waals surface area contributed by atoms with Crippen molar-refractivity contribution in [2.45, 2.75) is 81.7 Å². The average molecular weight is 509 g/mol. The molecule has 4 atom stereocenters. The normalized spacial score (nSPS) is 21.8. The fourth-order valence-electron chi connectivity index (χ4n) is 4.18. The Morgan fingerprint density at radius 3 is 2.54 bits per heavy atom. The Morgan fingerprint density at radius 2 is 1.89 bits per heavy atom. The predicted molar refractivity (Wildman–Crippen MR) is 138 cm³/mol. The third-order valence-corrected chi connectivity index (χ3v) is 8.01. The van der Waals surface area contributed by atoms with E-state index in [0.717, 1.165) is 25.0 Å². The zero-order valence-electron chi connectivity index (χ0n) is 20.9. The summed E-state index contributed by atoms with van der Waals surface area (Å²) in [6.07, 6.45) is 8.56. The van der Waals surface area contributed by atoms with Crippen molar-refractivity contribution in [3.05, 3.63) is 36.4 Å². The number of carboxylic acid groups (broad SMARTS) is 1. The van der Waals surface area contributed by atoms with Gasteiger partial charge >= 0.3 is 5.97 Å². The van der Waals surface area contributed by atoms with Crippen LogP contribution in [0.5, 0.6) is 11.5 Å². The summed E-state index contributed by atoms with van der Waals surface area (Å²) in [7, 11) is 1.60. The minimum absolute atomic E-state index is 0.0363. The standard InChI is InChI=1S/C27H40O7S/c1-3-4-9-16-27(32,18-34-21-14-12-20(33-2)13-15-21)19-35-26-22(23(28)17-24(26)29)10-7-5-6-8-11-25(30)31/h5,7,12-15,22,24,26,29,32H,3-4,6,8-11,16-19H2,1-2H3,(H,30,31)/t22-,24?,26+,27?/m0/s1. The lowest BCUT2D eigenvalue weighted by Gasteiger charge is -2.30. The molecule has 35 heavy (non-hydrogen) atoms. The van der Waals surface area contributed by atoms with Crippen molar-refractivity contribution >= 4 is 23.5 Å². The van der Waals surface area contributed by atoms with Gasteiger partial charge in [-0.05, 0) is 49.9 Å². The number of hydrogen-bond acceptors (Lipinski definition) is 7. The van der Waals surface area contributed by atoms with E-state index < -0.39 is 17.7 Å². The second kappa shape index (κ2) is 15.2. The van der Waals surface area contributed by atoms with Gasteiger partial charge in [0.15, 0.2) is 0 Å². The van der Waals surface area contributed by atoms with E-state index in [1.807, 2.05) is 12.2 Å². The highest BCUT2D eigenvalue weighted by atomic mass is 32.2. The lowest BCUT2D eigenvalue weighted by atomic mass is 9.99. The van der Waals surface area contributed by atoms with Gasteiger partial charge in [-0.2, -0.15) is 11.8 Å². The number of allylic oxidation sites excluding steroid dienone is 2. The molecule has 1 aliphatic rings. The number of aliphatic hydroxyl groups excluding tert-OH is 1. The van der Waals surface area contributed by atoms with Crippen molar-refractivity contribution in [2.24, 2.45) is 5.92 Å². The third kappa shape index (κ3) is 10.2. The Kier molecular flexibility index (Phi) is 12.7. The van der Waals surface area contributed by atoms with Crippen molar-refractivity contribution in [1.82, 2.24) is 0 Å². The number of Topliss-reactive ketones (excluding diaryl/α,β-unsaturated/α-hetero) is 1. The van der Waals surface area contributed by atoms with Crippen LogP contribution >= 0.6 is 11.8 Å². The van der Waals surface area contributed by atoms with E-state index in [1.165, 1.54) is 11.8 Å². The minimum atomic E-state index is -1.08. The number of thioether (sulfide) groups is 1. The van der Waals surface area contributed by atoms with Gasteiger partial charge in [0.05, 0.1) is 13.2 Å². The molecule has 0 amide bonds. The number of aliphatic hydroxyl groups is 2. The van der Waals surface area contributed by atoms with E-state index >= 15 is 0 Å². The summed E-state index contributed by atoms with van der Waals surface area (Å²) in [5.41, 5.74) is -1.08. The van der Waals surface area contributed by atoms with Gasteiger partial charge in [-0.1, -0.05) is 38.3 Å². The molecule has 1 aromatic rings. The van der Waals surface area contributed by atoms with Crippen LogP contribution in [0.1, 0.15) is 64.7 Å². The van der Waals surface area contributed by atoms with Gasteiger partial charge in [0.25, 0.3) is 0 Å². The first-order valence-corrected chi connectivity index (χ1v) is 13.5. The number of hydrogen-bond donors (Lipinski definition) is 3. The number of carboxylic acids is 1. The van der Waals surface area contributed by atoms with Crippen LogP contribution in [-0.4, -0.2) is 63.5 Å². The van der Waals surface area contributed by atoms with Crippen LogP contribution in [0.3, 0.4) is 0 Å². The molecule has 7 nitrogen and oxygen atoms in total. The molecule has 2 unspecified atom stereocenters. The zero-order chi connectivity index (χ0) is 25.7. The van der Waals surface area contributed by atoms with Gasteiger partial charge in [0.2, 0.25) is 0 Å². The molecule has 1 saturated carbocycles. The van der Waals surface area contributed by atoms with E-state index in [0.29, 0.717) is 37.2 Å². The quantitative estimate of drug-likeness (QED) is 0.206. The largest absolute Gasteiger partial charge is 0.497 e. The molecule has 0 aromatic heterocycles. The number of unbranched alkanes of at least 4 members (excludes halogenated alkanes) is 3. The molecule has 196 valence electrons. The summed E-state index contributed by atoms with van der Waals surface area (Å²) < 4.78 is 11.1. The summed E-state index contributed by atoms with van der Waals surface area (Å²) in [6, 6.07) is 7.22. The molecule has 0 aliphatic heterocycles. The molecule has 0 spiro atoms. The lowest BCUT2D eigenvalue weighted by Crippen LogP contribution is -2.40. The second-order valence-corrected chi connectivity index (χ2v) is 10.4. The number of aliphatic carboxylic acids is 1. The van der Waals surface area contributed by atoms with E-state index in [4.69, 9.17) is 14.6 Å². The first-order valence-electron chi connectivity index (χ1n) is 12.5. The van der Waals surface area contributed by atoms with Crippen molar-refractivity contribution < 1.29 is 34.4 Å². The predicted octanol–water partition coefficient (Wildman–Crippen LogP) is 4.64. The van der Waals surface area contributed by atoms with Gasteiger partial charge in [0, 0.05) is 29.8 Å². The van der Waals surface area contributed by atoms with Crippen molar-refractivity contribution in [1.29, 1.82) is 0 Å². The van der Waals surface area contributed by atoms with Gasteiger partial charge in [0.1, 0.15) is 29.5 Å². The number of carbonyl (C=O) groups excluding carboxylic acids is 1. The van der Waals surface area contributed by atoms with Crippen molar-refractivity contribution in [3.8, 4) is 11.5 Å².